The van der Waals surface area contributed by atoms with Crippen LogP contribution in [0.4, 0.5) is 0 Å². The summed E-state index contributed by atoms with van der Waals surface area (Å²) < 4.78 is 3.86. The summed E-state index contributed by atoms with van der Waals surface area (Å²) >= 11 is 0. The molecule has 0 radical (unpaired) electrons. The van der Waals surface area contributed by atoms with Crippen LogP contribution >= 0.6 is 0 Å². The topological polar surface area (TPSA) is 74.6 Å². The highest BCUT2D eigenvalue weighted by Gasteiger charge is 2.10. The third-order valence-corrected chi connectivity index (χ3v) is 2.95. The van der Waals surface area contributed by atoms with E-state index in [4.69, 9.17) is 5.73 Å². The van der Waals surface area contributed by atoms with Crippen molar-refractivity contribution in [3.05, 3.63) is 29.6 Å². The van der Waals surface area contributed by atoms with Gasteiger partial charge in [-0.3, -0.25) is 4.68 Å². The van der Waals surface area contributed by atoms with Crippen LogP contribution in [0.1, 0.15) is 30.9 Å². The lowest BCUT2D eigenvalue weighted by Gasteiger charge is -2.09. The zero-order chi connectivity index (χ0) is 13.1. The molecular weight excluding hydrogens is 228 g/mol. The second-order valence-electron chi connectivity index (χ2n) is 4.87. The standard InChI is InChI=1S/C12H20N6/c1-9(2)6-18-12(14-8-16-18)7-17-10(3)11(4-13)5-15-17/h5,8-9H,4,6-7,13H2,1-3H3. The van der Waals surface area contributed by atoms with E-state index in [-0.39, 0.29) is 0 Å². The number of aromatic nitrogens is 5. The lowest BCUT2D eigenvalue weighted by atomic mass is 10.2. The molecule has 6 heteroatoms. The fourth-order valence-corrected chi connectivity index (χ4v) is 1.89. The van der Waals surface area contributed by atoms with E-state index < -0.39 is 0 Å². The lowest BCUT2D eigenvalue weighted by molar-refractivity contribution is 0.455. The largest absolute Gasteiger partial charge is 0.326 e. The van der Waals surface area contributed by atoms with Gasteiger partial charge in [-0.2, -0.15) is 10.2 Å². The second-order valence-corrected chi connectivity index (χ2v) is 4.87. The maximum atomic E-state index is 5.65. The van der Waals surface area contributed by atoms with Crippen LogP contribution in [0.15, 0.2) is 12.5 Å². The molecule has 2 rings (SSSR count). The van der Waals surface area contributed by atoms with Crippen molar-refractivity contribution >= 4 is 0 Å². The number of nitrogens with two attached hydrogens (primary N) is 1. The zero-order valence-corrected chi connectivity index (χ0v) is 11.2. The predicted octanol–water partition coefficient (Wildman–Crippen LogP) is 0.946. The van der Waals surface area contributed by atoms with Crippen LogP contribution in [-0.2, 0) is 19.6 Å². The highest BCUT2D eigenvalue weighted by atomic mass is 15.4. The van der Waals surface area contributed by atoms with E-state index in [0.717, 1.165) is 23.6 Å². The van der Waals surface area contributed by atoms with Crippen LogP contribution in [0.5, 0.6) is 0 Å². The molecule has 98 valence electrons. The third kappa shape index (κ3) is 2.59. The smallest absolute Gasteiger partial charge is 0.148 e. The summed E-state index contributed by atoms with van der Waals surface area (Å²) in [5.74, 6) is 1.47. The fourth-order valence-electron chi connectivity index (χ4n) is 1.89. The van der Waals surface area contributed by atoms with E-state index >= 15 is 0 Å². The molecule has 0 aromatic carbocycles. The maximum Gasteiger partial charge on any atom is 0.148 e. The molecular formula is C12H20N6. The first-order valence-corrected chi connectivity index (χ1v) is 6.19. The normalized spacial score (nSPS) is 11.4. The van der Waals surface area contributed by atoms with Gasteiger partial charge in [-0.15, -0.1) is 0 Å². The van der Waals surface area contributed by atoms with Crippen molar-refractivity contribution in [3.63, 3.8) is 0 Å². The number of hydrogen-bond acceptors (Lipinski definition) is 4. The SMILES string of the molecule is Cc1c(CN)cnn1Cc1ncnn1CC(C)C. The van der Waals surface area contributed by atoms with Gasteiger partial charge >= 0.3 is 0 Å². The van der Waals surface area contributed by atoms with E-state index in [1.165, 1.54) is 0 Å². The second kappa shape index (κ2) is 5.30. The molecule has 2 aromatic rings. The first kappa shape index (κ1) is 12.8. The third-order valence-electron chi connectivity index (χ3n) is 2.95. The van der Waals surface area contributed by atoms with Crippen molar-refractivity contribution in [3.8, 4) is 0 Å². The zero-order valence-electron chi connectivity index (χ0n) is 11.2. The van der Waals surface area contributed by atoms with Crippen molar-refractivity contribution in [2.45, 2.75) is 40.4 Å². The number of hydrogen-bond donors (Lipinski definition) is 1. The van der Waals surface area contributed by atoms with Crippen molar-refractivity contribution < 1.29 is 0 Å². The quantitative estimate of drug-likeness (QED) is 0.854. The van der Waals surface area contributed by atoms with Gasteiger partial charge in [0.25, 0.3) is 0 Å². The Hall–Kier alpha value is -1.69. The molecule has 0 aliphatic rings. The van der Waals surface area contributed by atoms with Crippen molar-refractivity contribution in [1.29, 1.82) is 0 Å². The summed E-state index contributed by atoms with van der Waals surface area (Å²) in [5, 5.41) is 8.59. The minimum absolute atomic E-state index is 0.518. The average Bonchev–Trinajstić information content (AvgIpc) is 2.88. The summed E-state index contributed by atoms with van der Waals surface area (Å²) in [6.07, 6.45) is 3.42. The molecule has 0 fully saturated rings. The number of rotatable bonds is 5. The van der Waals surface area contributed by atoms with Gasteiger partial charge in [0.15, 0.2) is 0 Å². The van der Waals surface area contributed by atoms with Crippen LogP contribution in [0.2, 0.25) is 0 Å². The van der Waals surface area contributed by atoms with Gasteiger partial charge in [0.05, 0.1) is 6.20 Å². The lowest BCUT2D eigenvalue weighted by Crippen LogP contribution is -2.14. The van der Waals surface area contributed by atoms with Gasteiger partial charge in [-0.1, -0.05) is 13.8 Å². The molecule has 18 heavy (non-hydrogen) atoms. The van der Waals surface area contributed by atoms with Crippen LogP contribution in [-0.4, -0.2) is 24.5 Å². The van der Waals surface area contributed by atoms with Crippen molar-refractivity contribution in [2.75, 3.05) is 0 Å². The highest BCUT2D eigenvalue weighted by Crippen LogP contribution is 2.09. The average molecular weight is 248 g/mol. The van der Waals surface area contributed by atoms with E-state index in [1.807, 2.05) is 22.5 Å². The van der Waals surface area contributed by atoms with Crippen LogP contribution in [0.3, 0.4) is 0 Å². The van der Waals surface area contributed by atoms with Crippen LogP contribution in [0, 0.1) is 12.8 Å². The van der Waals surface area contributed by atoms with Crippen LogP contribution in [0.25, 0.3) is 0 Å². The Balaban J connectivity index is 2.18. The Morgan fingerprint density at radius 2 is 2.06 bits per heavy atom. The molecule has 2 N–H and O–H groups in total. The van der Waals surface area contributed by atoms with E-state index in [1.54, 1.807) is 6.33 Å². The molecule has 2 aromatic heterocycles. The molecule has 0 saturated carbocycles. The van der Waals surface area contributed by atoms with Gasteiger partial charge < -0.3 is 5.73 Å². The van der Waals surface area contributed by atoms with Gasteiger partial charge in [-0.05, 0) is 12.8 Å². The Labute approximate surface area is 107 Å². The van der Waals surface area contributed by atoms with Gasteiger partial charge in [0.1, 0.15) is 18.7 Å². The van der Waals surface area contributed by atoms with Crippen molar-refractivity contribution in [2.24, 2.45) is 11.7 Å². The van der Waals surface area contributed by atoms with Crippen molar-refractivity contribution in [1.82, 2.24) is 24.5 Å². The van der Waals surface area contributed by atoms with Gasteiger partial charge in [0, 0.05) is 24.3 Å². The summed E-state index contributed by atoms with van der Waals surface area (Å²) in [7, 11) is 0. The van der Waals surface area contributed by atoms with Crippen LogP contribution < -0.4 is 5.73 Å². The van der Waals surface area contributed by atoms with Gasteiger partial charge in [-0.25, -0.2) is 9.67 Å². The first-order valence-electron chi connectivity index (χ1n) is 6.19. The molecule has 0 atom stereocenters. The Kier molecular flexibility index (Phi) is 3.76. The number of nitrogens with zero attached hydrogens (tertiary/aromatic N) is 5. The molecule has 0 aliphatic heterocycles. The summed E-state index contributed by atoms with van der Waals surface area (Å²) in [5.41, 5.74) is 7.81. The fraction of sp³-hybridized carbons (Fsp3) is 0.583. The molecule has 6 nitrogen and oxygen atoms in total. The highest BCUT2D eigenvalue weighted by molar-refractivity contribution is 5.16. The Morgan fingerprint density at radius 1 is 1.28 bits per heavy atom. The summed E-state index contributed by atoms with van der Waals surface area (Å²) in [6, 6.07) is 0. The molecule has 0 spiro atoms. The Morgan fingerprint density at radius 3 is 2.67 bits per heavy atom. The monoisotopic (exact) mass is 248 g/mol. The molecule has 0 unspecified atom stereocenters. The van der Waals surface area contributed by atoms with E-state index in [9.17, 15) is 0 Å². The molecule has 0 saturated heterocycles. The summed E-state index contributed by atoms with van der Waals surface area (Å²) in [4.78, 5) is 4.30. The van der Waals surface area contributed by atoms with E-state index in [2.05, 4.69) is 29.0 Å². The Bertz CT molecular complexity index is 510. The first-order chi connectivity index (χ1) is 8.61. The maximum absolute atomic E-state index is 5.65. The molecule has 2 heterocycles. The molecule has 0 amide bonds. The predicted molar refractivity (Wildman–Crippen MR) is 68.8 cm³/mol. The molecule has 0 bridgehead atoms. The minimum Gasteiger partial charge on any atom is -0.326 e. The minimum atomic E-state index is 0.518. The molecule has 0 aliphatic carbocycles. The van der Waals surface area contributed by atoms with Gasteiger partial charge in [0.2, 0.25) is 0 Å². The van der Waals surface area contributed by atoms with E-state index in [0.29, 0.717) is 19.0 Å². The summed E-state index contributed by atoms with van der Waals surface area (Å²) in [6.45, 7) is 8.38.